The van der Waals surface area contributed by atoms with Gasteiger partial charge in [-0.05, 0) is 62.7 Å². The highest BCUT2D eigenvalue weighted by Crippen LogP contribution is 2.63. The molecule has 1 heteroatoms. The number of hydrogen-bond donors (Lipinski definition) is 0. The molecule has 0 amide bonds. The second-order valence-corrected chi connectivity index (χ2v) is 9.96. The van der Waals surface area contributed by atoms with Crippen LogP contribution in [0.3, 0.4) is 0 Å². The van der Waals surface area contributed by atoms with Gasteiger partial charge >= 0.3 is 0 Å². The van der Waals surface area contributed by atoms with E-state index < -0.39 is 0 Å². The molecule has 0 atom stereocenters. The fourth-order valence-corrected chi connectivity index (χ4v) is 7.44. The van der Waals surface area contributed by atoms with Crippen LogP contribution in [0.4, 0.5) is 0 Å². The highest BCUT2D eigenvalue weighted by Gasteiger charge is 2.51. The molecular weight excluding hydrogens is 404 g/mol. The maximum absolute atomic E-state index is 2.49. The zero-order chi connectivity index (χ0) is 20.9. The standard InChI is InChI=1S/C31H18S/c1-5-13-25-19(9-1)20-10-2-6-14-26(20)31(25)27-15-7-3-11-21(27)23-17-24-22-12-4-8-16-29(22)32-30(24)18-28(23)31/h1-18H. The van der Waals surface area contributed by atoms with Gasteiger partial charge in [0, 0.05) is 20.2 Å². The van der Waals surface area contributed by atoms with Crippen LogP contribution in [0.2, 0.25) is 0 Å². The monoisotopic (exact) mass is 422 g/mol. The lowest BCUT2D eigenvalue weighted by atomic mass is 9.70. The lowest BCUT2D eigenvalue weighted by Crippen LogP contribution is -2.25. The second-order valence-electron chi connectivity index (χ2n) is 8.88. The Morgan fingerprint density at radius 2 is 0.938 bits per heavy atom. The SMILES string of the molecule is c1ccc2c(c1)-c1ccccc1C21c2ccccc2-c2cc3c(cc21)sc1ccccc13. The average Bonchev–Trinajstić information content (AvgIpc) is 3.46. The van der Waals surface area contributed by atoms with E-state index in [0.717, 1.165) is 0 Å². The molecular formula is C31H18S. The molecule has 5 aromatic carbocycles. The first kappa shape index (κ1) is 16.9. The van der Waals surface area contributed by atoms with Gasteiger partial charge in [-0.2, -0.15) is 0 Å². The Morgan fingerprint density at radius 3 is 1.59 bits per heavy atom. The first-order valence-electron chi connectivity index (χ1n) is 11.1. The van der Waals surface area contributed by atoms with Gasteiger partial charge in [0.25, 0.3) is 0 Å². The van der Waals surface area contributed by atoms with Gasteiger partial charge in [0.15, 0.2) is 0 Å². The predicted molar refractivity (Wildman–Crippen MR) is 136 cm³/mol. The van der Waals surface area contributed by atoms with Crippen LogP contribution in [0.5, 0.6) is 0 Å². The maximum atomic E-state index is 2.49. The summed E-state index contributed by atoms with van der Waals surface area (Å²) in [5, 5.41) is 2.73. The Hall–Kier alpha value is -3.68. The molecule has 1 spiro atoms. The lowest BCUT2D eigenvalue weighted by Gasteiger charge is -2.30. The Morgan fingerprint density at radius 1 is 0.406 bits per heavy atom. The third-order valence-corrected chi connectivity index (χ3v) is 8.63. The summed E-state index contributed by atoms with van der Waals surface area (Å²) in [5.74, 6) is 0. The molecule has 0 unspecified atom stereocenters. The van der Waals surface area contributed by atoms with Crippen LogP contribution in [0.25, 0.3) is 42.4 Å². The molecule has 0 aliphatic heterocycles. The molecule has 0 saturated heterocycles. The minimum Gasteiger partial charge on any atom is -0.135 e. The number of hydrogen-bond acceptors (Lipinski definition) is 1. The zero-order valence-electron chi connectivity index (χ0n) is 17.3. The van der Waals surface area contributed by atoms with Crippen molar-refractivity contribution in [2.45, 2.75) is 5.41 Å². The summed E-state index contributed by atoms with van der Waals surface area (Å²) in [6, 6.07) is 40.8. The second kappa shape index (κ2) is 5.76. The van der Waals surface area contributed by atoms with Crippen molar-refractivity contribution in [3.63, 3.8) is 0 Å². The number of benzene rings is 5. The Bertz CT molecular complexity index is 1690. The summed E-state index contributed by atoms with van der Waals surface area (Å²) >= 11 is 1.91. The molecule has 0 fully saturated rings. The van der Waals surface area contributed by atoms with Gasteiger partial charge in [-0.1, -0.05) is 91.0 Å². The van der Waals surface area contributed by atoms with Gasteiger partial charge in [-0.25, -0.2) is 0 Å². The largest absolute Gasteiger partial charge is 0.135 e. The molecule has 2 aliphatic carbocycles. The van der Waals surface area contributed by atoms with Crippen molar-refractivity contribution in [2.24, 2.45) is 0 Å². The first-order chi connectivity index (χ1) is 15.9. The summed E-state index contributed by atoms with van der Waals surface area (Å²) in [7, 11) is 0. The van der Waals surface area contributed by atoms with E-state index in [1.807, 2.05) is 11.3 Å². The highest BCUT2D eigenvalue weighted by atomic mass is 32.1. The normalized spacial score (nSPS) is 14.5. The highest BCUT2D eigenvalue weighted by molar-refractivity contribution is 7.25. The van der Waals surface area contributed by atoms with Gasteiger partial charge < -0.3 is 0 Å². The van der Waals surface area contributed by atoms with E-state index in [2.05, 4.69) is 109 Å². The van der Waals surface area contributed by atoms with Crippen molar-refractivity contribution in [3.05, 3.63) is 131 Å². The van der Waals surface area contributed by atoms with Gasteiger partial charge in [0.05, 0.1) is 5.41 Å². The van der Waals surface area contributed by atoms with Crippen LogP contribution in [-0.4, -0.2) is 0 Å². The number of thiophene rings is 1. The minimum atomic E-state index is -0.247. The van der Waals surface area contributed by atoms with E-state index in [4.69, 9.17) is 0 Å². The van der Waals surface area contributed by atoms with E-state index in [9.17, 15) is 0 Å². The molecule has 0 radical (unpaired) electrons. The van der Waals surface area contributed by atoms with Crippen molar-refractivity contribution in [1.29, 1.82) is 0 Å². The molecule has 8 rings (SSSR count). The van der Waals surface area contributed by atoms with Crippen LogP contribution in [0.1, 0.15) is 22.3 Å². The van der Waals surface area contributed by atoms with E-state index in [1.165, 1.54) is 64.7 Å². The van der Waals surface area contributed by atoms with Crippen molar-refractivity contribution in [3.8, 4) is 22.3 Å². The summed E-state index contributed by atoms with van der Waals surface area (Å²) < 4.78 is 2.74. The molecule has 0 nitrogen and oxygen atoms in total. The quantitative estimate of drug-likeness (QED) is 0.230. The van der Waals surface area contributed by atoms with Crippen LogP contribution in [0, 0.1) is 0 Å². The number of fused-ring (bicyclic) bond motifs is 13. The van der Waals surface area contributed by atoms with E-state index in [-0.39, 0.29) is 5.41 Å². The zero-order valence-corrected chi connectivity index (χ0v) is 18.1. The summed E-state index contributed by atoms with van der Waals surface area (Å²) in [6.45, 7) is 0. The van der Waals surface area contributed by atoms with Gasteiger partial charge in [0.1, 0.15) is 0 Å². The lowest BCUT2D eigenvalue weighted by molar-refractivity contribution is 0.795. The van der Waals surface area contributed by atoms with E-state index >= 15 is 0 Å². The number of rotatable bonds is 0. The smallest absolute Gasteiger partial charge is 0.0726 e. The van der Waals surface area contributed by atoms with Crippen molar-refractivity contribution >= 4 is 31.5 Å². The molecule has 1 aromatic heterocycles. The van der Waals surface area contributed by atoms with Gasteiger partial charge in [-0.15, -0.1) is 11.3 Å². The van der Waals surface area contributed by atoms with Crippen LogP contribution in [0.15, 0.2) is 109 Å². The topological polar surface area (TPSA) is 0 Å². The molecule has 32 heavy (non-hydrogen) atoms. The van der Waals surface area contributed by atoms with E-state index in [1.54, 1.807) is 0 Å². The van der Waals surface area contributed by atoms with E-state index in [0.29, 0.717) is 0 Å². The average molecular weight is 423 g/mol. The summed E-state index contributed by atoms with van der Waals surface area (Å²) in [6.07, 6.45) is 0. The fraction of sp³-hybridized carbons (Fsp3) is 0.0323. The molecule has 0 saturated carbocycles. The van der Waals surface area contributed by atoms with Gasteiger partial charge in [-0.3, -0.25) is 0 Å². The molecule has 0 N–H and O–H groups in total. The third kappa shape index (κ3) is 1.82. The maximum Gasteiger partial charge on any atom is 0.0726 e. The summed E-state index contributed by atoms with van der Waals surface area (Å²) in [5.41, 5.74) is 10.9. The molecule has 148 valence electrons. The third-order valence-electron chi connectivity index (χ3n) is 7.49. The van der Waals surface area contributed by atoms with Gasteiger partial charge in [0.2, 0.25) is 0 Å². The van der Waals surface area contributed by atoms with Crippen LogP contribution < -0.4 is 0 Å². The Kier molecular flexibility index (Phi) is 3.05. The summed E-state index contributed by atoms with van der Waals surface area (Å²) in [4.78, 5) is 0. The molecule has 1 heterocycles. The molecule has 6 aromatic rings. The van der Waals surface area contributed by atoms with Crippen molar-refractivity contribution in [1.82, 2.24) is 0 Å². The van der Waals surface area contributed by atoms with Crippen molar-refractivity contribution < 1.29 is 0 Å². The molecule has 0 bridgehead atoms. The fourth-order valence-electron chi connectivity index (χ4n) is 6.31. The minimum absolute atomic E-state index is 0.247. The predicted octanol–water partition coefficient (Wildman–Crippen LogP) is 8.40. The Labute approximate surface area is 190 Å². The Balaban J connectivity index is 1.61. The van der Waals surface area contributed by atoms with Crippen LogP contribution in [-0.2, 0) is 5.41 Å². The van der Waals surface area contributed by atoms with Crippen LogP contribution >= 0.6 is 11.3 Å². The van der Waals surface area contributed by atoms with Crippen molar-refractivity contribution in [2.75, 3.05) is 0 Å². The first-order valence-corrected chi connectivity index (χ1v) is 11.9. The molecule has 2 aliphatic rings.